The Kier molecular flexibility index (Phi) is 8.23. The Bertz CT molecular complexity index is 1510. The SMILES string of the molecule is C=CC(=O)Nc1cc(Nc2cc(-c3ccc4c(cnn4C)c3)ncn2)c(OC)cc1N1CCN(CCOC)CC1. The third-order valence-electron chi connectivity index (χ3n) is 7.06. The van der Waals surface area contributed by atoms with E-state index < -0.39 is 0 Å². The van der Waals surface area contributed by atoms with E-state index in [9.17, 15) is 4.79 Å². The van der Waals surface area contributed by atoms with Crippen molar-refractivity contribution in [3.8, 4) is 17.0 Å². The second-order valence-electron chi connectivity index (χ2n) is 9.54. The van der Waals surface area contributed by atoms with E-state index in [1.807, 2.05) is 48.3 Å². The van der Waals surface area contributed by atoms with Crippen LogP contribution >= 0.6 is 0 Å². The Morgan fingerprint density at radius 2 is 1.90 bits per heavy atom. The van der Waals surface area contributed by atoms with Crippen LogP contribution < -0.4 is 20.3 Å². The van der Waals surface area contributed by atoms with Crippen molar-refractivity contribution < 1.29 is 14.3 Å². The quantitative estimate of drug-likeness (QED) is 0.290. The molecule has 1 fully saturated rings. The fourth-order valence-corrected chi connectivity index (χ4v) is 4.86. The van der Waals surface area contributed by atoms with Gasteiger partial charge in [0.15, 0.2) is 0 Å². The van der Waals surface area contributed by atoms with Crippen LogP contribution in [0.3, 0.4) is 0 Å². The second kappa shape index (κ2) is 12.1. The fraction of sp³-hybridized carbons (Fsp3) is 0.310. The maximum atomic E-state index is 12.4. The average molecular weight is 543 g/mol. The molecule has 11 heteroatoms. The number of anilines is 4. The monoisotopic (exact) mass is 542 g/mol. The summed E-state index contributed by atoms with van der Waals surface area (Å²) >= 11 is 0. The number of benzene rings is 2. The number of piperazine rings is 1. The number of ether oxygens (including phenoxy) is 2. The summed E-state index contributed by atoms with van der Waals surface area (Å²) in [6.07, 6.45) is 4.62. The zero-order valence-corrected chi connectivity index (χ0v) is 23.1. The lowest BCUT2D eigenvalue weighted by Gasteiger charge is -2.37. The van der Waals surface area contributed by atoms with Crippen LogP contribution in [0.15, 0.2) is 61.6 Å². The molecule has 2 N–H and O–H groups in total. The lowest BCUT2D eigenvalue weighted by molar-refractivity contribution is -0.111. The number of carbonyl (C=O) groups excluding carboxylic acids is 1. The van der Waals surface area contributed by atoms with Gasteiger partial charge in [-0.3, -0.25) is 14.4 Å². The zero-order valence-electron chi connectivity index (χ0n) is 23.1. The van der Waals surface area contributed by atoms with Crippen molar-refractivity contribution in [1.29, 1.82) is 0 Å². The molecule has 208 valence electrons. The Hall–Kier alpha value is -4.48. The summed E-state index contributed by atoms with van der Waals surface area (Å²) in [4.78, 5) is 25.9. The highest BCUT2D eigenvalue weighted by molar-refractivity contribution is 6.02. The number of amides is 1. The van der Waals surface area contributed by atoms with Crippen molar-refractivity contribution >= 4 is 39.7 Å². The van der Waals surface area contributed by atoms with E-state index in [1.54, 1.807) is 14.2 Å². The molecule has 5 rings (SSSR count). The first-order valence-corrected chi connectivity index (χ1v) is 13.1. The normalized spacial score (nSPS) is 13.8. The molecule has 2 aromatic carbocycles. The standard InChI is InChI=1S/C29H34N8O3/c1-5-29(38)34-23-15-24(27(40-4)17-26(23)37-10-8-36(9-11-37)12-13-39-3)33-28-16-22(30-19-31-28)20-6-7-25-21(14-20)18-32-35(25)2/h5-7,14-19H,1,8-13H2,2-4H3,(H,34,38)(H,30,31,33). The number of nitrogens with zero attached hydrogens (tertiary/aromatic N) is 6. The van der Waals surface area contributed by atoms with Gasteiger partial charge in [0, 0.05) is 70.0 Å². The van der Waals surface area contributed by atoms with E-state index in [1.165, 1.54) is 12.4 Å². The first-order chi connectivity index (χ1) is 19.5. The van der Waals surface area contributed by atoms with Gasteiger partial charge in [-0.25, -0.2) is 9.97 Å². The maximum absolute atomic E-state index is 12.4. The van der Waals surface area contributed by atoms with E-state index in [-0.39, 0.29) is 5.91 Å². The van der Waals surface area contributed by atoms with Crippen LogP contribution in [0.1, 0.15) is 0 Å². The second-order valence-corrected chi connectivity index (χ2v) is 9.54. The molecular weight excluding hydrogens is 508 g/mol. The number of carbonyl (C=O) groups is 1. The topological polar surface area (TPSA) is 110 Å². The molecule has 0 bridgehead atoms. The molecule has 4 aromatic rings. The molecule has 1 saturated heterocycles. The summed E-state index contributed by atoms with van der Waals surface area (Å²) in [5.74, 6) is 0.937. The molecule has 1 aliphatic heterocycles. The third kappa shape index (κ3) is 5.90. The summed E-state index contributed by atoms with van der Waals surface area (Å²) in [6.45, 7) is 8.64. The number of methoxy groups -OCH3 is 2. The summed E-state index contributed by atoms with van der Waals surface area (Å²) in [5, 5.41) is 11.7. The van der Waals surface area contributed by atoms with Gasteiger partial charge < -0.3 is 25.0 Å². The van der Waals surface area contributed by atoms with Gasteiger partial charge in [0.2, 0.25) is 5.91 Å². The van der Waals surface area contributed by atoms with Crippen molar-refractivity contribution in [1.82, 2.24) is 24.6 Å². The Morgan fingerprint density at radius 3 is 2.65 bits per heavy atom. The minimum absolute atomic E-state index is 0.286. The molecule has 0 spiro atoms. The number of hydrogen-bond donors (Lipinski definition) is 2. The van der Waals surface area contributed by atoms with Crippen LogP contribution in [0.2, 0.25) is 0 Å². The Labute approximate surface area is 233 Å². The lowest BCUT2D eigenvalue weighted by atomic mass is 10.1. The third-order valence-corrected chi connectivity index (χ3v) is 7.06. The summed E-state index contributed by atoms with van der Waals surface area (Å²) in [6, 6.07) is 11.8. The highest BCUT2D eigenvalue weighted by Crippen LogP contribution is 2.39. The molecule has 1 amide bonds. The highest BCUT2D eigenvalue weighted by Gasteiger charge is 2.22. The molecule has 0 atom stereocenters. The van der Waals surface area contributed by atoms with Crippen molar-refractivity contribution in [2.45, 2.75) is 0 Å². The summed E-state index contributed by atoms with van der Waals surface area (Å²) in [7, 11) is 5.27. The van der Waals surface area contributed by atoms with Crippen molar-refractivity contribution in [2.24, 2.45) is 7.05 Å². The minimum atomic E-state index is -0.286. The molecule has 2 aromatic heterocycles. The molecule has 1 aliphatic rings. The smallest absolute Gasteiger partial charge is 0.247 e. The molecule has 11 nitrogen and oxygen atoms in total. The molecule has 0 unspecified atom stereocenters. The number of aromatic nitrogens is 4. The first-order valence-electron chi connectivity index (χ1n) is 13.1. The van der Waals surface area contributed by atoms with Gasteiger partial charge in [0.25, 0.3) is 0 Å². The molecule has 0 radical (unpaired) electrons. The fourth-order valence-electron chi connectivity index (χ4n) is 4.86. The van der Waals surface area contributed by atoms with E-state index in [0.717, 1.165) is 60.6 Å². The van der Waals surface area contributed by atoms with Crippen LogP contribution in [-0.2, 0) is 16.6 Å². The Morgan fingerprint density at radius 1 is 1.07 bits per heavy atom. The predicted molar refractivity (Wildman–Crippen MR) is 157 cm³/mol. The minimum Gasteiger partial charge on any atom is -0.494 e. The van der Waals surface area contributed by atoms with Crippen LogP contribution in [0, 0.1) is 0 Å². The van der Waals surface area contributed by atoms with Gasteiger partial charge >= 0.3 is 0 Å². The number of aryl methyl sites for hydroxylation is 1. The number of hydrogen-bond acceptors (Lipinski definition) is 9. The molecule has 3 heterocycles. The van der Waals surface area contributed by atoms with Crippen LogP contribution in [0.5, 0.6) is 5.75 Å². The van der Waals surface area contributed by atoms with Gasteiger partial charge in [-0.05, 0) is 24.3 Å². The van der Waals surface area contributed by atoms with Gasteiger partial charge in [0.05, 0.1) is 48.2 Å². The van der Waals surface area contributed by atoms with Crippen LogP contribution in [0.25, 0.3) is 22.2 Å². The van der Waals surface area contributed by atoms with E-state index in [0.29, 0.717) is 29.5 Å². The van der Waals surface area contributed by atoms with Crippen LogP contribution in [0.4, 0.5) is 22.9 Å². The van der Waals surface area contributed by atoms with Crippen molar-refractivity contribution in [3.05, 3.63) is 61.6 Å². The lowest BCUT2D eigenvalue weighted by Crippen LogP contribution is -2.47. The van der Waals surface area contributed by atoms with Gasteiger partial charge in [-0.1, -0.05) is 12.6 Å². The molecule has 0 saturated carbocycles. The predicted octanol–water partition coefficient (Wildman–Crippen LogP) is 3.68. The number of rotatable bonds is 10. The first kappa shape index (κ1) is 27.1. The van der Waals surface area contributed by atoms with E-state index in [4.69, 9.17) is 9.47 Å². The molecule has 0 aliphatic carbocycles. The van der Waals surface area contributed by atoms with E-state index in [2.05, 4.69) is 48.1 Å². The largest absolute Gasteiger partial charge is 0.494 e. The maximum Gasteiger partial charge on any atom is 0.247 e. The van der Waals surface area contributed by atoms with Gasteiger partial charge in [-0.2, -0.15) is 5.10 Å². The molecular formula is C29H34N8O3. The Balaban J connectivity index is 1.42. The highest BCUT2D eigenvalue weighted by atomic mass is 16.5. The van der Waals surface area contributed by atoms with Crippen molar-refractivity contribution in [3.63, 3.8) is 0 Å². The zero-order chi connectivity index (χ0) is 28.1. The number of fused-ring (bicyclic) bond motifs is 1. The van der Waals surface area contributed by atoms with Crippen molar-refractivity contribution in [2.75, 3.05) is 69.1 Å². The van der Waals surface area contributed by atoms with Crippen LogP contribution in [-0.4, -0.2) is 84.1 Å². The van der Waals surface area contributed by atoms with Gasteiger partial charge in [0.1, 0.15) is 17.9 Å². The average Bonchev–Trinajstić information content (AvgIpc) is 3.36. The summed E-state index contributed by atoms with van der Waals surface area (Å²) < 4.78 is 12.8. The molecule has 40 heavy (non-hydrogen) atoms. The number of nitrogens with one attached hydrogen (secondary N) is 2. The van der Waals surface area contributed by atoms with Gasteiger partial charge in [-0.15, -0.1) is 0 Å². The van der Waals surface area contributed by atoms with E-state index >= 15 is 0 Å². The summed E-state index contributed by atoms with van der Waals surface area (Å²) in [5.41, 5.74) is 4.98.